The van der Waals surface area contributed by atoms with E-state index in [2.05, 4.69) is 0 Å². The molecule has 0 aliphatic rings. The van der Waals surface area contributed by atoms with Gasteiger partial charge in [0.05, 0.1) is 18.6 Å². The van der Waals surface area contributed by atoms with Gasteiger partial charge in [-0.2, -0.15) is 0 Å². The van der Waals surface area contributed by atoms with Crippen molar-refractivity contribution in [2.45, 2.75) is 38.2 Å². The van der Waals surface area contributed by atoms with Crippen LogP contribution < -0.4 is 4.74 Å². The summed E-state index contributed by atoms with van der Waals surface area (Å²) in [6.45, 7) is 2.13. The number of ether oxygens (including phenoxy) is 1. The van der Waals surface area contributed by atoms with Gasteiger partial charge in [-0.15, -0.1) is 0 Å². The van der Waals surface area contributed by atoms with Crippen molar-refractivity contribution >= 4 is 5.97 Å². The van der Waals surface area contributed by atoms with Crippen LogP contribution in [0.2, 0.25) is 0 Å². The van der Waals surface area contributed by atoms with Gasteiger partial charge in [-0.3, -0.25) is 4.79 Å². The first-order valence-corrected chi connectivity index (χ1v) is 6.12. The van der Waals surface area contributed by atoms with Gasteiger partial charge in [0.25, 0.3) is 0 Å². The maximum absolute atomic E-state index is 10.5. The summed E-state index contributed by atoms with van der Waals surface area (Å²) in [5, 5.41) is 18.4. The lowest BCUT2D eigenvalue weighted by Crippen LogP contribution is -2.27. The molecule has 1 unspecified atom stereocenters. The van der Waals surface area contributed by atoms with Gasteiger partial charge in [-0.05, 0) is 38.3 Å². The number of carboxylic acid groups (broad SMARTS) is 1. The fourth-order valence-electron chi connectivity index (χ4n) is 1.73. The molecule has 0 saturated heterocycles. The molecule has 0 amide bonds. The number of aliphatic carboxylic acids is 1. The number of carbonyl (C=O) groups is 1. The Morgan fingerprint density at radius 1 is 1.28 bits per heavy atom. The fraction of sp³-hybridized carbons (Fsp3) is 0.500. The van der Waals surface area contributed by atoms with Gasteiger partial charge in [0.2, 0.25) is 0 Å². The number of hydrogen-bond donors (Lipinski definition) is 2. The van der Waals surface area contributed by atoms with E-state index >= 15 is 0 Å². The average Bonchev–Trinajstić information content (AvgIpc) is 2.28. The van der Waals surface area contributed by atoms with Crippen molar-refractivity contribution in [1.29, 1.82) is 0 Å². The average molecular weight is 252 g/mol. The summed E-state index contributed by atoms with van der Waals surface area (Å²) < 4.78 is 5.50. The third-order valence-electron chi connectivity index (χ3n) is 2.65. The van der Waals surface area contributed by atoms with E-state index < -0.39 is 11.6 Å². The van der Waals surface area contributed by atoms with E-state index in [1.165, 1.54) is 0 Å². The van der Waals surface area contributed by atoms with Crippen molar-refractivity contribution in [2.75, 3.05) is 6.61 Å². The minimum Gasteiger partial charge on any atom is -0.494 e. The summed E-state index contributed by atoms with van der Waals surface area (Å²) in [7, 11) is 0. The molecule has 4 nitrogen and oxygen atoms in total. The van der Waals surface area contributed by atoms with E-state index in [1.807, 2.05) is 30.3 Å². The lowest BCUT2D eigenvalue weighted by Gasteiger charge is -2.20. The monoisotopic (exact) mass is 252 g/mol. The van der Waals surface area contributed by atoms with Crippen molar-refractivity contribution < 1.29 is 19.7 Å². The van der Waals surface area contributed by atoms with Crippen LogP contribution in [0.4, 0.5) is 0 Å². The molecule has 0 bridgehead atoms. The van der Waals surface area contributed by atoms with E-state index in [9.17, 15) is 9.90 Å². The molecule has 100 valence electrons. The van der Waals surface area contributed by atoms with E-state index in [1.54, 1.807) is 6.92 Å². The maximum Gasteiger partial charge on any atom is 0.306 e. The Balaban J connectivity index is 2.13. The quantitative estimate of drug-likeness (QED) is 0.697. The van der Waals surface area contributed by atoms with Gasteiger partial charge in [0, 0.05) is 0 Å². The summed E-state index contributed by atoms with van der Waals surface area (Å²) in [4.78, 5) is 10.5. The molecule has 1 atom stereocenters. The first-order chi connectivity index (χ1) is 8.49. The first kappa shape index (κ1) is 14.5. The highest BCUT2D eigenvalue weighted by Crippen LogP contribution is 2.18. The predicted molar refractivity (Wildman–Crippen MR) is 68.7 cm³/mol. The van der Waals surface area contributed by atoms with Crippen LogP contribution in [-0.4, -0.2) is 28.4 Å². The largest absolute Gasteiger partial charge is 0.494 e. The van der Waals surface area contributed by atoms with Gasteiger partial charge < -0.3 is 14.9 Å². The molecule has 0 heterocycles. The molecule has 1 rings (SSSR count). The van der Waals surface area contributed by atoms with Gasteiger partial charge >= 0.3 is 5.97 Å². The molecule has 1 aromatic rings. The van der Waals surface area contributed by atoms with Crippen molar-refractivity contribution in [3.05, 3.63) is 30.3 Å². The summed E-state index contributed by atoms with van der Waals surface area (Å²) in [6, 6.07) is 9.52. The molecule has 18 heavy (non-hydrogen) atoms. The second-order valence-electron chi connectivity index (χ2n) is 4.69. The molecule has 0 aliphatic heterocycles. The standard InChI is InChI=1S/C14H20O4/c1-14(17,11-13(15)16)9-5-6-10-18-12-7-3-2-4-8-12/h2-4,7-8,17H,5-6,9-11H2,1H3,(H,15,16). The third kappa shape index (κ3) is 6.25. The highest BCUT2D eigenvalue weighted by atomic mass is 16.5. The van der Waals surface area contributed by atoms with E-state index in [-0.39, 0.29) is 6.42 Å². The minimum absolute atomic E-state index is 0.216. The number of para-hydroxylation sites is 1. The van der Waals surface area contributed by atoms with Crippen LogP contribution in [-0.2, 0) is 4.79 Å². The highest BCUT2D eigenvalue weighted by molar-refractivity contribution is 5.67. The summed E-state index contributed by atoms with van der Waals surface area (Å²) in [5.41, 5.74) is -1.13. The molecule has 0 spiro atoms. The smallest absolute Gasteiger partial charge is 0.306 e. The minimum atomic E-state index is -1.13. The van der Waals surface area contributed by atoms with Crippen LogP contribution in [0.1, 0.15) is 32.6 Å². The number of hydrogen-bond acceptors (Lipinski definition) is 3. The Hall–Kier alpha value is -1.55. The zero-order valence-corrected chi connectivity index (χ0v) is 10.6. The molecule has 4 heteroatoms. The first-order valence-electron chi connectivity index (χ1n) is 6.12. The zero-order valence-electron chi connectivity index (χ0n) is 10.6. The second kappa shape index (κ2) is 7.01. The van der Waals surface area contributed by atoms with Crippen molar-refractivity contribution in [2.24, 2.45) is 0 Å². The predicted octanol–water partition coefficient (Wildman–Crippen LogP) is 2.46. The number of aliphatic hydroxyl groups is 1. The van der Waals surface area contributed by atoms with Crippen molar-refractivity contribution in [3.63, 3.8) is 0 Å². The van der Waals surface area contributed by atoms with Gasteiger partial charge in [0.15, 0.2) is 0 Å². The van der Waals surface area contributed by atoms with Gasteiger partial charge in [-0.25, -0.2) is 0 Å². The molecule has 0 aliphatic carbocycles. The van der Waals surface area contributed by atoms with E-state index in [0.29, 0.717) is 13.0 Å². The van der Waals surface area contributed by atoms with Gasteiger partial charge in [-0.1, -0.05) is 18.2 Å². The van der Waals surface area contributed by atoms with Crippen molar-refractivity contribution in [3.8, 4) is 5.75 Å². The highest BCUT2D eigenvalue weighted by Gasteiger charge is 2.23. The molecule has 0 fully saturated rings. The number of unbranched alkanes of at least 4 members (excludes halogenated alkanes) is 1. The lowest BCUT2D eigenvalue weighted by molar-refractivity contribution is -0.142. The molecule has 1 aromatic carbocycles. The summed E-state index contributed by atoms with van der Waals surface area (Å²) in [6.07, 6.45) is 1.79. The van der Waals surface area contributed by atoms with Crippen LogP contribution in [0.25, 0.3) is 0 Å². The number of benzene rings is 1. The Morgan fingerprint density at radius 2 is 1.94 bits per heavy atom. The Morgan fingerprint density at radius 3 is 2.56 bits per heavy atom. The Bertz CT molecular complexity index is 359. The van der Waals surface area contributed by atoms with E-state index in [4.69, 9.17) is 9.84 Å². The van der Waals surface area contributed by atoms with Crippen LogP contribution in [0, 0.1) is 0 Å². The van der Waals surface area contributed by atoms with Gasteiger partial charge in [0.1, 0.15) is 5.75 Å². The molecule has 0 radical (unpaired) electrons. The summed E-state index contributed by atoms with van der Waals surface area (Å²) in [5.74, 6) is -0.143. The second-order valence-corrected chi connectivity index (χ2v) is 4.69. The molecular formula is C14H20O4. The van der Waals surface area contributed by atoms with Crippen LogP contribution in [0.15, 0.2) is 30.3 Å². The molecule has 0 saturated carbocycles. The number of carboxylic acids is 1. The van der Waals surface area contributed by atoms with Crippen LogP contribution in [0.3, 0.4) is 0 Å². The Labute approximate surface area is 107 Å². The summed E-state index contributed by atoms with van der Waals surface area (Å²) >= 11 is 0. The van der Waals surface area contributed by atoms with Crippen LogP contribution >= 0.6 is 0 Å². The molecule has 2 N–H and O–H groups in total. The molecule has 0 aromatic heterocycles. The maximum atomic E-state index is 10.5. The normalized spacial score (nSPS) is 13.9. The lowest BCUT2D eigenvalue weighted by atomic mass is 9.95. The third-order valence-corrected chi connectivity index (χ3v) is 2.65. The number of rotatable bonds is 8. The molecular weight excluding hydrogens is 232 g/mol. The van der Waals surface area contributed by atoms with Crippen LogP contribution in [0.5, 0.6) is 5.75 Å². The van der Waals surface area contributed by atoms with Crippen molar-refractivity contribution in [1.82, 2.24) is 0 Å². The van der Waals surface area contributed by atoms with E-state index in [0.717, 1.165) is 18.6 Å². The SMILES string of the molecule is CC(O)(CCCCOc1ccccc1)CC(=O)O. The topological polar surface area (TPSA) is 66.8 Å². The fourth-order valence-corrected chi connectivity index (χ4v) is 1.73. The zero-order chi connectivity index (χ0) is 13.4. The Kier molecular flexibility index (Phi) is 5.65.